The van der Waals surface area contributed by atoms with Gasteiger partial charge in [-0.15, -0.1) is 0 Å². The SMILES string of the molecule is CC(NC1CC(C)(C)CC1C)c1cc(F)ccc1F. The summed E-state index contributed by atoms with van der Waals surface area (Å²) in [7, 11) is 0. The van der Waals surface area contributed by atoms with E-state index in [1.54, 1.807) is 0 Å². The van der Waals surface area contributed by atoms with Gasteiger partial charge in [-0.05, 0) is 49.3 Å². The van der Waals surface area contributed by atoms with Crippen molar-refractivity contribution >= 4 is 0 Å². The fraction of sp³-hybridized carbons (Fsp3) is 0.625. The van der Waals surface area contributed by atoms with Crippen LogP contribution in [0.5, 0.6) is 0 Å². The van der Waals surface area contributed by atoms with Crippen molar-refractivity contribution in [2.24, 2.45) is 11.3 Å². The summed E-state index contributed by atoms with van der Waals surface area (Å²) in [5.74, 6) is -0.162. The third kappa shape index (κ3) is 3.33. The number of hydrogen-bond donors (Lipinski definition) is 1. The number of benzene rings is 1. The van der Waals surface area contributed by atoms with E-state index < -0.39 is 0 Å². The van der Waals surface area contributed by atoms with Crippen LogP contribution in [0.3, 0.4) is 0 Å². The number of nitrogens with one attached hydrogen (secondary N) is 1. The molecular weight excluding hydrogens is 244 g/mol. The summed E-state index contributed by atoms with van der Waals surface area (Å²) < 4.78 is 27.0. The standard InChI is InChI=1S/C16H23F2N/c1-10-8-16(3,4)9-15(10)19-11(2)13-7-12(17)5-6-14(13)18/h5-7,10-11,15,19H,8-9H2,1-4H3. The van der Waals surface area contributed by atoms with Gasteiger partial charge in [-0.1, -0.05) is 20.8 Å². The van der Waals surface area contributed by atoms with Crippen LogP contribution < -0.4 is 5.32 Å². The lowest BCUT2D eigenvalue weighted by Crippen LogP contribution is -2.34. The van der Waals surface area contributed by atoms with Crippen LogP contribution in [-0.4, -0.2) is 6.04 Å². The molecular formula is C16H23F2N. The van der Waals surface area contributed by atoms with Crippen molar-refractivity contribution in [1.29, 1.82) is 0 Å². The summed E-state index contributed by atoms with van der Waals surface area (Å²) in [5.41, 5.74) is 0.744. The van der Waals surface area contributed by atoms with Crippen molar-refractivity contribution in [2.75, 3.05) is 0 Å². The van der Waals surface area contributed by atoms with Gasteiger partial charge >= 0.3 is 0 Å². The smallest absolute Gasteiger partial charge is 0.128 e. The van der Waals surface area contributed by atoms with Gasteiger partial charge in [0.25, 0.3) is 0 Å². The molecule has 0 bridgehead atoms. The minimum Gasteiger partial charge on any atom is -0.307 e. The highest BCUT2D eigenvalue weighted by atomic mass is 19.1. The van der Waals surface area contributed by atoms with E-state index in [2.05, 4.69) is 26.1 Å². The first-order chi connectivity index (χ1) is 8.78. The number of rotatable bonds is 3. The molecule has 0 spiro atoms. The maximum absolute atomic E-state index is 13.7. The molecule has 0 heterocycles. The van der Waals surface area contributed by atoms with E-state index in [1.807, 2.05) is 6.92 Å². The monoisotopic (exact) mass is 267 g/mol. The van der Waals surface area contributed by atoms with Crippen LogP contribution in [0.1, 0.15) is 52.1 Å². The zero-order valence-corrected chi connectivity index (χ0v) is 12.1. The van der Waals surface area contributed by atoms with Crippen molar-refractivity contribution in [2.45, 2.75) is 52.6 Å². The molecule has 1 nitrogen and oxygen atoms in total. The van der Waals surface area contributed by atoms with Gasteiger partial charge in [-0.3, -0.25) is 0 Å². The molecule has 1 aromatic carbocycles. The highest BCUT2D eigenvalue weighted by molar-refractivity contribution is 5.22. The molecule has 1 fully saturated rings. The van der Waals surface area contributed by atoms with Crippen LogP contribution in [0, 0.1) is 23.0 Å². The van der Waals surface area contributed by atoms with E-state index in [0.717, 1.165) is 12.5 Å². The van der Waals surface area contributed by atoms with Gasteiger partial charge in [0, 0.05) is 17.6 Å². The van der Waals surface area contributed by atoms with E-state index in [-0.39, 0.29) is 17.7 Å². The second-order valence-corrected chi connectivity index (χ2v) is 6.71. The predicted molar refractivity (Wildman–Crippen MR) is 73.9 cm³/mol. The summed E-state index contributed by atoms with van der Waals surface area (Å²) in [4.78, 5) is 0. The Balaban J connectivity index is 2.09. The molecule has 1 N–H and O–H groups in total. The Morgan fingerprint density at radius 2 is 1.95 bits per heavy atom. The summed E-state index contributed by atoms with van der Waals surface area (Å²) in [6.07, 6.45) is 2.25. The molecule has 106 valence electrons. The van der Waals surface area contributed by atoms with Crippen LogP contribution in [0.2, 0.25) is 0 Å². The molecule has 3 unspecified atom stereocenters. The van der Waals surface area contributed by atoms with Gasteiger partial charge in [0.05, 0.1) is 0 Å². The molecule has 1 aromatic rings. The zero-order chi connectivity index (χ0) is 14.2. The summed E-state index contributed by atoms with van der Waals surface area (Å²) in [5, 5.41) is 3.46. The Bertz CT molecular complexity index is 456. The molecule has 1 aliphatic carbocycles. The first-order valence-electron chi connectivity index (χ1n) is 6.99. The van der Waals surface area contributed by atoms with E-state index in [9.17, 15) is 8.78 Å². The Kier molecular flexibility index (Phi) is 3.95. The third-order valence-electron chi connectivity index (χ3n) is 4.22. The minimum absolute atomic E-state index is 0.169. The lowest BCUT2D eigenvalue weighted by atomic mass is 9.91. The van der Waals surface area contributed by atoms with E-state index in [0.29, 0.717) is 22.9 Å². The largest absolute Gasteiger partial charge is 0.307 e. The van der Waals surface area contributed by atoms with Crippen LogP contribution >= 0.6 is 0 Å². The molecule has 19 heavy (non-hydrogen) atoms. The van der Waals surface area contributed by atoms with Gasteiger partial charge in [-0.25, -0.2) is 8.78 Å². The lowest BCUT2D eigenvalue weighted by molar-refractivity contribution is 0.354. The molecule has 0 aliphatic heterocycles. The molecule has 2 rings (SSSR count). The average molecular weight is 267 g/mol. The first-order valence-corrected chi connectivity index (χ1v) is 6.99. The van der Waals surface area contributed by atoms with Gasteiger partial charge in [0.15, 0.2) is 0 Å². The van der Waals surface area contributed by atoms with Gasteiger partial charge < -0.3 is 5.32 Å². The summed E-state index contributed by atoms with van der Waals surface area (Å²) in [6, 6.07) is 3.85. The lowest BCUT2D eigenvalue weighted by Gasteiger charge is -2.24. The normalized spacial score (nSPS) is 27.5. The first kappa shape index (κ1) is 14.4. The molecule has 3 atom stereocenters. The number of hydrogen-bond acceptors (Lipinski definition) is 1. The Hall–Kier alpha value is -0.960. The molecule has 1 saturated carbocycles. The maximum atomic E-state index is 13.7. The average Bonchev–Trinajstić information content (AvgIpc) is 2.55. The molecule has 3 heteroatoms. The van der Waals surface area contributed by atoms with Crippen molar-refractivity contribution in [1.82, 2.24) is 5.32 Å². The van der Waals surface area contributed by atoms with Gasteiger partial charge in [-0.2, -0.15) is 0 Å². The Labute approximate surface area is 114 Å². The second-order valence-electron chi connectivity index (χ2n) is 6.71. The molecule has 1 aliphatic rings. The van der Waals surface area contributed by atoms with E-state index in [4.69, 9.17) is 0 Å². The van der Waals surface area contributed by atoms with Gasteiger partial charge in [0.1, 0.15) is 11.6 Å². The Morgan fingerprint density at radius 1 is 1.26 bits per heavy atom. The highest BCUT2D eigenvalue weighted by Gasteiger charge is 2.37. The second kappa shape index (κ2) is 5.20. The van der Waals surface area contributed by atoms with Crippen LogP contribution in [-0.2, 0) is 0 Å². The zero-order valence-electron chi connectivity index (χ0n) is 12.1. The summed E-state index contributed by atoms with van der Waals surface area (Å²) >= 11 is 0. The molecule has 0 radical (unpaired) electrons. The van der Waals surface area contributed by atoms with Crippen LogP contribution in [0.15, 0.2) is 18.2 Å². The predicted octanol–water partition coefficient (Wildman–Crippen LogP) is 4.44. The fourth-order valence-corrected chi connectivity index (χ4v) is 3.37. The van der Waals surface area contributed by atoms with E-state index in [1.165, 1.54) is 18.6 Å². The van der Waals surface area contributed by atoms with Crippen molar-refractivity contribution < 1.29 is 8.78 Å². The molecule has 0 aromatic heterocycles. The van der Waals surface area contributed by atoms with E-state index >= 15 is 0 Å². The van der Waals surface area contributed by atoms with Crippen molar-refractivity contribution in [3.63, 3.8) is 0 Å². The van der Waals surface area contributed by atoms with Crippen LogP contribution in [0.4, 0.5) is 8.78 Å². The summed E-state index contributed by atoms with van der Waals surface area (Å²) in [6.45, 7) is 8.65. The molecule has 0 saturated heterocycles. The maximum Gasteiger partial charge on any atom is 0.128 e. The van der Waals surface area contributed by atoms with Crippen molar-refractivity contribution in [3.8, 4) is 0 Å². The third-order valence-corrected chi connectivity index (χ3v) is 4.22. The molecule has 0 amide bonds. The quantitative estimate of drug-likeness (QED) is 0.853. The highest BCUT2D eigenvalue weighted by Crippen LogP contribution is 2.41. The topological polar surface area (TPSA) is 12.0 Å². The minimum atomic E-state index is -0.384. The van der Waals surface area contributed by atoms with Crippen molar-refractivity contribution in [3.05, 3.63) is 35.4 Å². The number of halogens is 2. The fourth-order valence-electron chi connectivity index (χ4n) is 3.37. The van der Waals surface area contributed by atoms with Crippen LogP contribution in [0.25, 0.3) is 0 Å². The van der Waals surface area contributed by atoms with Gasteiger partial charge in [0.2, 0.25) is 0 Å². The Morgan fingerprint density at radius 3 is 2.53 bits per heavy atom.